The first-order chi connectivity index (χ1) is 15.1. The summed E-state index contributed by atoms with van der Waals surface area (Å²) in [6, 6.07) is 4.62. The first-order valence-corrected chi connectivity index (χ1v) is 12.3. The zero-order chi connectivity index (χ0) is 21.4. The third-order valence-electron chi connectivity index (χ3n) is 7.53. The standard InChI is InChI=1S/C23H29N7S/c1-31-19-2-3-26-10-18(19)12-28-22-27-11-17(9-24)21(30-22)29-13-23-6-14-4-15(7-23)20(25)16(5-14)8-23/h2-3,10-11,14-16,20H,4-8,12-13,25H2,1H3,(H2,27,28,29,30)/t14?,15-,16+,20-,23-. The fraction of sp³-hybridized carbons (Fsp3) is 0.565. The molecule has 4 aliphatic carbocycles. The Morgan fingerprint density at radius 3 is 2.77 bits per heavy atom. The van der Waals surface area contributed by atoms with Gasteiger partial charge in [0.15, 0.2) is 0 Å². The molecule has 7 nitrogen and oxygen atoms in total. The molecule has 0 radical (unpaired) electrons. The second kappa shape index (κ2) is 8.29. The Morgan fingerprint density at radius 2 is 2.03 bits per heavy atom. The number of aromatic nitrogens is 3. The van der Waals surface area contributed by atoms with Gasteiger partial charge >= 0.3 is 0 Å². The molecule has 31 heavy (non-hydrogen) atoms. The summed E-state index contributed by atoms with van der Waals surface area (Å²) in [5.74, 6) is 3.29. The minimum absolute atomic E-state index is 0.292. The normalized spacial score (nSPS) is 30.7. The molecule has 0 aromatic carbocycles. The van der Waals surface area contributed by atoms with Gasteiger partial charge in [-0.1, -0.05) is 0 Å². The molecule has 2 heterocycles. The number of rotatable bonds is 7. The molecule has 1 unspecified atom stereocenters. The molecule has 6 rings (SSSR count). The molecule has 2 aromatic rings. The van der Waals surface area contributed by atoms with Crippen molar-refractivity contribution in [2.45, 2.75) is 49.6 Å². The summed E-state index contributed by atoms with van der Waals surface area (Å²) in [6.45, 7) is 1.44. The number of nitriles is 1. The zero-order valence-electron chi connectivity index (χ0n) is 17.8. The van der Waals surface area contributed by atoms with Crippen LogP contribution in [-0.2, 0) is 6.54 Å². The predicted octanol–water partition coefficient (Wildman–Crippen LogP) is 3.64. The van der Waals surface area contributed by atoms with Crippen molar-refractivity contribution in [2.24, 2.45) is 28.9 Å². The van der Waals surface area contributed by atoms with Crippen LogP contribution in [0.3, 0.4) is 0 Å². The van der Waals surface area contributed by atoms with Crippen molar-refractivity contribution in [1.82, 2.24) is 15.0 Å². The van der Waals surface area contributed by atoms with Gasteiger partial charge in [-0.15, -0.1) is 11.8 Å². The predicted molar refractivity (Wildman–Crippen MR) is 123 cm³/mol. The van der Waals surface area contributed by atoms with Crippen molar-refractivity contribution in [3.05, 3.63) is 35.8 Å². The lowest BCUT2D eigenvalue weighted by atomic mass is 9.48. The zero-order valence-corrected chi connectivity index (χ0v) is 18.7. The van der Waals surface area contributed by atoms with Crippen LogP contribution in [-0.4, -0.2) is 33.8 Å². The van der Waals surface area contributed by atoms with Gasteiger partial charge in [-0.3, -0.25) is 4.98 Å². The topological polar surface area (TPSA) is 113 Å². The van der Waals surface area contributed by atoms with Gasteiger partial charge < -0.3 is 16.4 Å². The number of anilines is 2. The summed E-state index contributed by atoms with van der Waals surface area (Å²) in [6.07, 6.45) is 13.6. The lowest BCUT2D eigenvalue weighted by Gasteiger charge is -2.59. The van der Waals surface area contributed by atoms with Crippen LogP contribution < -0.4 is 16.4 Å². The third kappa shape index (κ3) is 3.97. The number of hydrogen-bond acceptors (Lipinski definition) is 8. The molecule has 5 atom stereocenters. The SMILES string of the molecule is CSc1ccncc1CNc1ncc(C#N)c(NC[C@]23CC4C[C@H](C2)[C@@H](N)[C@@H](C4)C3)n1. The molecule has 0 amide bonds. The average molecular weight is 436 g/mol. The Hall–Kier alpha value is -2.37. The highest BCUT2D eigenvalue weighted by atomic mass is 32.2. The maximum absolute atomic E-state index is 9.56. The Labute approximate surface area is 187 Å². The van der Waals surface area contributed by atoms with E-state index in [9.17, 15) is 5.26 Å². The summed E-state index contributed by atoms with van der Waals surface area (Å²) in [5.41, 5.74) is 8.38. The van der Waals surface area contributed by atoms with E-state index in [4.69, 9.17) is 5.73 Å². The van der Waals surface area contributed by atoms with E-state index in [1.54, 1.807) is 24.2 Å². The second-order valence-corrected chi connectivity index (χ2v) is 10.4. The highest BCUT2D eigenvalue weighted by Gasteiger charge is 2.54. The number of nitrogens with two attached hydrogens (primary N) is 1. The number of pyridine rings is 1. The van der Waals surface area contributed by atoms with Gasteiger partial charge in [0.25, 0.3) is 0 Å². The first-order valence-electron chi connectivity index (χ1n) is 11.1. The minimum atomic E-state index is 0.292. The van der Waals surface area contributed by atoms with Gasteiger partial charge in [-0.25, -0.2) is 4.98 Å². The van der Waals surface area contributed by atoms with Crippen molar-refractivity contribution in [3.8, 4) is 6.07 Å². The van der Waals surface area contributed by atoms with E-state index in [-0.39, 0.29) is 0 Å². The molecule has 2 aromatic heterocycles. The summed E-state index contributed by atoms with van der Waals surface area (Å²) < 4.78 is 0. The fourth-order valence-corrected chi connectivity index (χ4v) is 6.91. The van der Waals surface area contributed by atoms with Crippen LogP contribution in [0.5, 0.6) is 0 Å². The number of hydrogen-bond donors (Lipinski definition) is 3. The number of nitrogens with one attached hydrogen (secondary N) is 2. The molecule has 0 saturated heterocycles. The van der Waals surface area contributed by atoms with Crippen LogP contribution in [0.1, 0.15) is 43.2 Å². The molecule has 0 spiro atoms. The number of nitrogens with zero attached hydrogens (tertiary/aromatic N) is 4. The highest BCUT2D eigenvalue weighted by Crippen LogP contribution is 2.59. The smallest absolute Gasteiger partial charge is 0.224 e. The molecule has 4 aliphatic rings. The van der Waals surface area contributed by atoms with Crippen LogP contribution in [0.4, 0.5) is 11.8 Å². The molecular weight excluding hydrogens is 406 g/mol. The van der Waals surface area contributed by atoms with E-state index < -0.39 is 0 Å². The monoisotopic (exact) mass is 435 g/mol. The molecule has 8 heteroatoms. The van der Waals surface area contributed by atoms with Crippen LogP contribution in [0, 0.1) is 34.5 Å². The van der Waals surface area contributed by atoms with Crippen LogP contribution in [0.25, 0.3) is 0 Å². The van der Waals surface area contributed by atoms with E-state index in [1.165, 1.54) is 37.0 Å². The van der Waals surface area contributed by atoms with Gasteiger partial charge in [0.2, 0.25) is 5.95 Å². The molecule has 4 fully saturated rings. The summed E-state index contributed by atoms with van der Waals surface area (Å²) in [4.78, 5) is 14.4. The Balaban J connectivity index is 1.29. The van der Waals surface area contributed by atoms with E-state index >= 15 is 0 Å². The van der Waals surface area contributed by atoms with Crippen LogP contribution in [0.15, 0.2) is 29.6 Å². The summed E-state index contributed by atoms with van der Waals surface area (Å²) in [5, 5.41) is 16.4. The van der Waals surface area contributed by atoms with Crippen molar-refractivity contribution in [1.29, 1.82) is 5.26 Å². The number of thioether (sulfide) groups is 1. The molecule has 162 valence electrons. The van der Waals surface area contributed by atoms with E-state index in [0.29, 0.717) is 47.2 Å². The van der Waals surface area contributed by atoms with Crippen LogP contribution >= 0.6 is 11.8 Å². The van der Waals surface area contributed by atoms with Gasteiger partial charge in [-0.05, 0) is 67.6 Å². The van der Waals surface area contributed by atoms with Gasteiger partial charge in [0, 0.05) is 42.0 Å². The van der Waals surface area contributed by atoms with Crippen molar-refractivity contribution < 1.29 is 0 Å². The highest BCUT2D eigenvalue weighted by molar-refractivity contribution is 7.98. The quantitative estimate of drug-likeness (QED) is 0.565. The minimum Gasteiger partial charge on any atom is -0.368 e. The van der Waals surface area contributed by atoms with Crippen molar-refractivity contribution >= 4 is 23.5 Å². The second-order valence-electron chi connectivity index (χ2n) is 9.51. The van der Waals surface area contributed by atoms with Crippen molar-refractivity contribution in [2.75, 3.05) is 23.4 Å². The largest absolute Gasteiger partial charge is 0.368 e. The lowest BCUT2D eigenvalue weighted by Crippen LogP contribution is -2.58. The maximum atomic E-state index is 9.56. The lowest BCUT2D eigenvalue weighted by molar-refractivity contribution is -0.0591. The van der Waals surface area contributed by atoms with Gasteiger partial charge in [0.1, 0.15) is 17.5 Å². The van der Waals surface area contributed by atoms with E-state index in [2.05, 4.69) is 37.9 Å². The average Bonchev–Trinajstić information content (AvgIpc) is 2.79. The van der Waals surface area contributed by atoms with E-state index in [1.807, 2.05) is 12.3 Å². The fourth-order valence-electron chi connectivity index (χ4n) is 6.32. The maximum Gasteiger partial charge on any atom is 0.224 e. The third-order valence-corrected chi connectivity index (χ3v) is 8.37. The summed E-state index contributed by atoms with van der Waals surface area (Å²) >= 11 is 1.69. The van der Waals surface area contributed by atoms with Gasteiger partial charge in [0.05, 0.1) is 6.20 Å². The molecule has 0 aliphatic heterocycles. The first kappa shape index (κ1) is 20.5. The Bertz CT molecular complexity index is 988. The Kier molecular flexibility index (Phi) is 5.49. The van der Waals surface area contributed by atoms with Crippen LogP contribution in [0.2, 0.25) is 0 Å². The molecule has 4 bridgehead atoms. The Morgan fingerprint density at radius 1 is 1.23 bits per heavy atom. The summed E-state index contributed by atoms with van der Waals surface area (Å²) in [7, 11) is 0. The molecule has 4 N–H and O–H groups in total. The van der Waals surface area contributed by atoms with Crippen molar-refractivity contribution in [3.63, 3.8) is 0 Å². The molecule has 4 saturated carbocycles. The van der Waals surface area contributed by atoms with E-state index in [0.717, 1.165) is 18.0 Å². The molecular formula is C23H29N7S. The van der Waals surface area contributed by atoms with Gasteiger partial charge in [-0.2, -0.15) is 10.2 Å².